The number of carboxylic acids is 1. The van der Waals surface area contributed by atoms with Crippen LogP contribution in [0.15, 0.2) is 0 Å². The van der Waals surface area contributed by atoms with Gasteiger partial charge < -0.3 is 16.6 Å². The molecule has 0 aliphatic carbocycles. The van der Waals surface area contributed by atoms with Crippen molar-refractivity contribution in [3.05, 3.63) is 0 Å². The van der Waals surface area contributed by atoms with E-state index < -0.39 is 18.1 Å². The number of unbranched alkanes of at least 4 members (excludes halogenated alkanes) is 29. The van der Waals surface area contributed by atoms with Gasteiger partial charge in [-0.25, -0.2) is 0 Å². The standard InChI is InChI=1S/C40H80N2O3/c1-3-5-7-9-11-13-15-17-19-21-23-25-27-29-31-33-35-36(39(43)37(41)38(42)40(44)45)34-32-30-28-26-24-22-20-18-16-14-12-10-8-6-4-2/h36-38H,3-35,41-42H2,1-2H3,(H,44,45)/t36?,37-,38?/m0/s1. The van der Waals surface area contributed by atoms with Crippen molar-refractivity contribution >= 4 is 11.8 Å². The van der Waals surface area contributed by atoms with Crippen molar-refractivity contribution in [1.29, 1.82) is 0 Å². The molecule has 5 N–H and O–H groups in total. The fraction of sp³-hybridized carbons (Fsp3) is 0.950. The Hall–Kier alpha value is -0.940. The molecule has 0 saturated carbocycles. The van der Waals surface area contributed by atoms with Crippen LogP contribution in [0.3, 0.4) is 0 Å². The lowest BCUT2D eigenvalue weighted by Crippen LogP contribution is -2.53. The molecule has 2 unspecified atom stereocenters. The fourth-order valence-electron chi connectivity index (χ4n) is 6.73. The smallest absolute Gasteiger partial charge is 0.322 e. The molecule has 0 heterocycles. The van der Waals surface area contributed by atoms with Crippen molar-refractivity contribution in [1.82, 2.24) is 0 Å². The first kappa shape index (κ1) is 44.1. The second-order valence-electron chi connectivity index (χ2n) is 14.3. The van der Waals surface area contributed by atoms with Crippen molar-refractivity contribution in [3.63, 3.8) is 0 Å². The molecule has 0 bridgehead atoms. The van der Waals surface area contributed by atoms with E-state index in [0.717, 1.165) is 38.5 Å². The topological polar surface area (TPSA) is 106 Å². The van der Waals surface area contributed by atoms with Gasteiger partial charge in [-0.1, -0.05) is 213 Å². The zero-order valence-corrected chi connectivity index (χ0v) is 30.5. The van der Waals surface area contributed by atoms with Crippen LogP contribution in [0, 0.1) is 5.92 Å². The summed E-state index contributed by atoms with van der Waals surface area (Å²) in [7, 11) is 0. The van der Waals surface area contributed by atoms with Gasteiger partial charge in [0.05, 0.1) is 6.04 Å². The van der Waals surface area contributed by atoms with Gasteiger partial charge in [0.1, 0.15) is 6.04 Å². The molecule has 45 heavy (non-hydrogen) atoms. The Morgan fingerprint density at radius 3 is 0.844 bits per heavy atom. The molecular formula is C40H80N2O3. The molecule has 0 aliphatic rings. The van der Waals surface area contributed by atoms with Gasteiger partial charge in [-0.05, 0) is 12.8 Å². The first-order chi connectivity index (χ1) is 22.0. The van der Waals surface area contributed by atoms with E-state index >= 15 is 0 Å². The third kappa shape index (κ3) is 29.0. The molecule has 0 fully saturated rings. The molecule has 0 spiro atoms. The van der Waals surface area contributed by atoms with Crippen LogP contribution in [0.2, 0.25) is 0 Å². The first-order valence-electron chi connectivity index (χ1n) is 20.2. The van der Waals surface area contributed by atoms with Crippen LogP contribution in [0.1, 0.15) is 226 Å². The van der Waals surface area contributed by atoms with Crippen molar-refractivity contribution in [2.24, 2.45) is 17.4 Å². The van der Waals surface area contributed by atoms with Gasteiger partial charge in [0.2, 0.25) is 0 Å². The molecule has 3 atom stereocenters. The number of hydrogen-bond donors (Lipinski definition) is 3. The molecular weight excluding hydrogens is 556 g/mol. The van der Waals surface area contributed by atoms with Crippen molar-refractivity contribution in [3.8, 4) is 0 Å². The molecule has 5 nitrogen and oxygen atoms in total. The van der Waals surface area contributed by atoms with Crippen LogP contribution in [0.5, 0.6) is 0 Å². The number of aliphatic carboxylic acids is 1. The predicted molar refractivity (Wildman–Crippen MR) is 196 cm³/mol. The average molecular weight is 637 g/mol. The Morgan fingerprint density at radius 2 is 0.622 bits per heavy atom. The molecule has 0 aromatic heterocycles. The van der Waals surface area contributed by atoms with Crippen molar-refractivity contribution < 1.29 is 14.7 Å². The van der Waals surface area contributed by atoms with Crippen LogP contribution in [-0.2, 0) is 9.59 Å². The zero-order valence-electron chi connectivity index (χ0n) is 30.5. The van der Waals surface area contributed by atoms with Gasteiger partial charge in [-0.3, -0.25) is 9.59 Å². The number of carboxylic acid groups (broad SMARTS) is 1. The highest BCUT2D eigenvalue weighted by molar-refractivity contribution is 5.92. The maximum absolute atomic E-state index is 13.1. The van der Waals surface area contributed by atoms with Gasteiger partial charge >= 0.3 is 5.97 Å². The molecule has 0 radical (unpaired) electrons. The SMILES string of the molecule is CCCCCCCCCCCCCCCCCCC(CCCCCCCCCCCCCCCCC)C(=O)[C@@H](N)C(N)C(=O)O. The van der Waals surface area contributed by atoms with E-state index in [2.05, 4.69) is 13.8 Å². The number of hydrogen-bond acceptors (Lipinski definition) is 4. The van der Waals surface area contributed by atoms with E-state index in [0.29, 0.717) is 0 Å². The van der Waals surface area contributed by atoms with E-state index in [9.17, 15) is 14.7 Å². The predicted octanol–water partition coefficient (Wildman–Crippen LogP) is 11.8. The molecule has 5 heteroatoms. The summed E-state index contributed by atoms with van der Waals surface area (Å²) in [5, 5.41) is 9.27. The summed E-state index contributed by atoms with van der Waals surface area (Å²) in [4.78, 5) is 24.4. The van der Waals surface area contributed by atoms with Gasteiger partial charge in [0.15, 0.2) is 5.78 Å². The van der Waals surface area contributed by atoms with Gasteiger partial charge in [0.25, 0.3) is 0 Å². The molecule has 268 valence electrons. The lowest BCUT2D eigenvalue weighted by Gasteiger charge is -2.22. The zero-order chi connectivity index (χ0) is 33.2. The Labute approximate surface area is 281 Å². The maximum atomic E-state index is 13.1. The van der Waals surface area contributed by atoms with Gasteiger partial charge in [-0.2, -0.15) is 0 Å². The van der Waals surface area contributed by atoms with Gasteiger partial charge in [-0.15, -0.1) is 0 Å². The summed E-state index contributed by atoms with van der Waals surface area (Å²) < 4.78 is 0. The largest absolute Gasteiger partial charge is 0.480 e. The molecule has 0 aliphatic heterocycles. The van der Waals surface area contributed by atoms with Crippen LogP contribution < -0.4 is 11.5 Å². The summed E-state index contributed by atoms with van der Waals surface area (Å²) >= 11 is 0. The Balaban J connectivity index is 3.99. The molecule has 0 rings (SSSR count). The molecule has 0 aromatic carbocycles. The maximum Gasteiger partial charge on any atom is 0.322 e. The minimum absolute atomic E-state index is 0.142. The highest BCUT2D eigenvalue weighted by Crippen LogP contribution is 2.22. The molecule has 0 amide bonds. The van der Waals surface area contributed by atoms with E-state index in [1.807, 2.05) is 0 Å². The Bertz CT molecular complexity index is 641. The number of carbonyl (C=O) groups excluding carboxylic acids is 1. The monoisotopic (exact) mass is 637 g/mol. The number of Topliss-reactive ketones (excluding diaryl/α,β-unsaturated/α-hetero) is 1. The average Bonchev–Trinajstić information content (AvgIpc) is 3.04. The summed E-state index contributed by atoms with van der Waals surface area (Å²) in [6.07, 6.45) is 42.7. The molecule has 0 saturated heterocycles. The minimum Gasteiger partial charge on any atom is -0.480 e. The van der Waals surface area contributed by atoms with Crippen molar-refractivity contribution in [2.45, 2.75) is 238 Å². The van der Waals surface area contributed by atoms with Crippen LogP contribution >= 0.6 is 0 Å². The van der Waals surface area contributed by atoms with Crippen LogP contribution in [-0.4, -0.2) is 28.9 Å². The summed E-state index contributed by atoms with van der Waals surface area (Å²) in [6, 6.07) is -2.42. The number of carbonyl (C=O) groups is 2. The summed E-state index contributed by atoms with van der Waals surface area (Å²) in [6.45, 7) is 4.55. The second-order valence-corrected chi connectivity index (χ2v) is 14.3. The van der Waals surface area contributed by atoms with E-state index in [-0.39, 0.29) is 11.7 Å². The third-order valence-electron chi connectivity index (χ3n) is 9.97. The van der Waals surface area contributed by atoms with Crippen LogP contribution in [0.25, 0.3) is 0 Å². The fourth-order valence-corrected chi connectivity index (χ4v) is 6.73. The van der Waals surface area contributed by atoms with E-state index in [1.165, 1.54) is 173 Å². The van der Waals surface area contributed by atoms with Crippen molar-refractivity contribution in [2.75, 3.05) is 0 Å². The minimum atomic E-state index is -1.31. The highest BCUT2D eigenvalue weighted by Gasteiger charge is 2.31. The lowest BCUT2D eigenvalue weighted by molar-refractivity contribution is -0.141. The lowest BCUT2D eigenvalue weighted by atomic mass is 9.86. The number of nitrogens with two attached hydrogens (primary N) is 2. The second kappa shape index (κ2) is 34.4. The quantitative estimate of drug-likeness (QED) is 0.0588. The summed E-state index contributed by atoms with van der Waals surface area (Å²) in [5.41, 5.74) is 11.8. The van der Waals surface area contributed by atoms with Gasteiger partial charge in [0, 0.05) is 5.92 Å². The first-order valence-corrected chi connectivity index (χ1v) is 20.2. The number of rotatable bonds is 37. The summed E-state index contributed by atoms with van der Waals surface area (Å²) in [5.74, 6) is -1.49. The molecule has 0 aromatic rings. The third-order valence-corrected chi connectivity index (χ3v) is 9.97. The van der Waals surface area contributed by atoms with E-state index in [1.54, 1.807) is 0 Å². The normalized spacial score (nSPS) is 13.6. The Morgan fingerprint density at radius 1 is 0.400 bits per heavy atom. The number of ketones is 1. The van der Waals surface area contributed by atoms with E-state index in [4.69, 9.17) is 11.5 Å². The van der Waals surface area contributed by atoms with Crippen LogP contribution in [0.4, 0.5) is 0 Å². The Kier molecular flexibility index (Phi) is 33.7. The highest BCUT2D eigenvalue weighted by atomic mass is 16.4.